The van der Waals surface area contributed by atoms with Gasteiger partial charge in [0.25, 0.3) is 0 Å². The van der Waals surface area contributed by atoms with Gasteiger partial charge in [0.2, 0.25) is 0 Å². The van der Waals surface area contributed by atoms with Crippen LogP contribution in [0.5, 0.6) is 0 Å². The van der Waals surface area contributed by atoms with Gasteiger partial charge in [-0.05, 0) is 29.6 Å². The van der Waals surface area contributed by atoms with Gasteiger partial charge in [0, 0.05) is 0 Å². The van der Waals surface area contributed by atoms with Crippen LogP contribution < -0.4 is 5.11 Å². The van der Waals surface area contributed by atoms with Crippen LogP contribution >= 0.6 is 0 Å². The van der Waals surface area contributed by atoms with Crippen molar-refractivity contribution in [3.63, 3.8) is 0 Å². The molecule has 0 spiro atoms. The molecular weight excluding hydrogens is 510 g/mol. The molecule has 0 amide bonds. The van der Waals surface area contributed by atoms with Gasteiger partial charge in [-0.1, -0.05) is 112 Å². The molecule has 143 valence electrons. The molecule has 0 aromatic heterocycles. The van der Waals surface area contributed by atoms with Crippen molar-refractivity contribution in [2.75, 3.05) is 6.61 Å². The standard InChI is InChI=1S/C14H13NO.C10H15.Ir/c15-14(11-16,12-7-3-1-4-8-12)13-9-5-2-6-10-13;1-6-7(2)9(4)10(5)8(6)3;/h1-10,15H,11H2;1-5H3;/q-2;;+3. The summed E-state index contributed by atoms with van der Waals surface area (Å²) in [5.74, 6) is 7.34. The smallest absolute Gasteiger partial charge is 0.855 e. The molecule has 0 atom stereocenters. The Kier molecular flexibility index (Phi) is 9.37. The summed E-state index contributed by atoms with van der Waals surface area (Å²) in [7, 11) is 0. The van der Waals surface area contributed by atoms with Crippen molar-refractivity contribution in [3.8, 4) is 0 Å². The van der Waals surface area contributed by atoms with Crippen molar-refractivity contribution in [1.29, 1.82) is 0 Å². The molecule has 0 unspecified atom stereocenters. The SMILES string of the molecule is C[C]1[C](C)[C](C)[C](C)[C]1C.[Ir+3].[NH-]C(C[O-])(c1ccccc1)c1ccccc1. The largest absolute Gasteiger partial charge is 3.00 e. The van der Waals surface area contributed by atoms with Gasteiger partial charge >= 0.3 is 20.1 Å². The molecule has 3 rings (SSSR count). The Bertz CT molecular complexity index is 576. The fourth-order valence-corrected chi connectivity index (χ4v) is 3.18. The number of hydrogen-bond donors (Lipinski definition) is 0. The Morgan fingerprint density at radius 2 is 0.889 bits per heavy atom. The van der Waals surface area contributed by atoms with Gasteiger partial charge in [0.05, 0.1) is 0 Å². The maximum Gasteiger partial charge on any atom is 3.00 e. The van der Waals surface area contributed by atoms with E-state index in [1.165, 1.54) is 29.6 Å². The van der Waals surface area contributed by atoms with E-state index < -0.39 is 12.1 Å². The summed E-state index contributed by atoms with van der Waals surface area (Å²) in [6.07, 6.45) is 0. The van der Waals surface area contributed by atoms with Crippen LogP contribution in [0.25, 0.3) is 5.73 Å². The maximum absolute atomic E-state index is 11.4. The van der Waals surface area contributed by atoms with Crippen LogP contribution in [-0.4, -0.2) is 6.61 Å². The number of nitrogens with one attached hydrogen (secondary N) is 1. The average molecular weight is 539 g/mol. The van der Waals surface area contributed by atoms with Gasteiger partial charge in [-0.15, -0.1) is 6.61 Å². The zero-order valence-corrected chi connectivity index (χ0v) is 19.1. The average Bonchev–Trinajstić information content (AvgIpc) is 2.87. The predicted octanol–water partition coefficient (Wildman–Crippen LogP) is 5.31. The van der Waals surface area contributed by atoms with E-state index in [0.29, 0.717) is 0 Å². The van der Waals surface area contributed by atoms with E-state index in [0.717, 1.165) is 11.1 Å². The van der Waals surface area contributed by atoms with E-state index in [1.807, 2.05) is 60.7 Å². The molecule has 1 saturated carbocycles. The van der Waals surface area contributed by atoms with E-state index in [1.54, 1.807) is 0 Å². The minimum Gasteiger partial charge on any atom is -0.855 e. The van der Waals surface area contributed by atoms with E-state index in [4.69, 9.17) is 5.73 Å². The molecule has 2 nitrogen and oxygen atoms in total. The summed E-state index contributed by atoms with van der Waals surface area (Å²) in [5.41, 5.74) is 8.65. The monoisotopic (exact) mass is 539 g/mol. The molecule has 5 radical (unpaired) electrons. The van der Waals surface area contributed by atoms with Crippen molar-refractivity contribution >= 4 is 0 Å². The summed E-state index contributed by atoms with van der Waals surface area (Å²) >= 11 is 0. The van der Waals surface area contributed by atoms with E-state index >= 15 is 0 Å². The van der Waals surface area contributed by atoms with E-state index in [-0.39, 0.29) is 20.1 Å². The fraction of sp³-hybridized carbons (Fsp3) is 0.292. The van der Waals surface area contributed by atoms with Crippen molar-refractivity contribution in [3.05, 3.63) is 107 Å². The van der Waals surface area contributed by atoms with Crippen LogP contribution in [-0.2, 0) is 25.6 Å². The molecule has 27 heavy (non-hydrogen) atoms. The first-order valence-electron chi connectivity index (χ1n) is 8.96. The van der Waals surface area contributed by atoms with Gasteiger partial charge in [-0.2, -0.15) is 0 Å². The number of benzene rings is 2. The maximum atomic E-state index is 11.4. The Morgan fingerprint density at radius 1 is 0.630 bits per heavy atom. The van der Waals surface area contributed by atoms with E-state index in [9.17, 15) is 5.11 Å². The molecular formula is C24H28IrNO+. The van der Waals surface area contributed by atoms with Crippen LogP contribution in [0.2, 0.25) is 0 Å². The number of rotatable bonds is 3. The molecule has 2 aromatic carbocycles. The first-order valence-corrected chi connectivity index (χ1v) is 8.96. The molecule has 1 fully saturated rings. The first kappa shape index (κ1) is 24.0. The minimum absolute atomic E-state index is 0. The summed E-state index contributed by atoms with van der Waals surface area (Å²) in [6, 6.07) is 18.5. The van der Waals surface area contributed by atoms with Crippen molar-refractivity contribution in [2.45, 2.75) is 40.2 Å². The van der Waals surface area contributed by atoms with Crippen LogP contribution in [0.15, 0.2) is 60.7 Å². The van der Waals surface area contributed by atoms with E-state index in [2.05, 4.69) is 34.6 Å². The third-order valence-electron chi connectivity index (χ3n) is 5.56. The Labute approximate surface area is 178 Å². The van der Waals surface area contributed by atoms with Crippen LogP contribution in [0.1, 0.15) is 45.7 Å². The first-order chi connectivity index (χ1) is 12.3. The number of hydrogen-bond acceptors (Lipinski definition) is 1. The zero-order valence-electron chi connectivity index (χ0n) is 16.7. The van der Waals surface area contributed by atoms with Crippen molar-refractivity contribution in [1.82, 2.24) is 0 Å². The summed E-state index contributed by atoms with van der Waals surface area (Å²) < 4.78 is 0. The Morgan fingerprint density at radius 3 is 1.11 bits per heavy atom. The third-order valence-corrected chi connectivity index (χ3v) is 5.56. The zero-order chi connectivity index (χ0) is 19.3. The Hall–Kier alpha value is -0.991. The normalized spacial score (nSPS) is 17.3. The molecule has 3 heteroatoms. The molecule has 1 N–H and O–H groups in total. The second kappa shape index (κ2) is 10.5. The summed E-state index contributed by atoms with van der Waals surface area (Å²) in [6.45, 7) is 10.5. The molecule has 1 aliphatic rings. The van der Waals surface area contributed by atoms with Crippen molar-refractivity contribution in [2.24, 2.45) is 0 Å². The third kappa shape index (κ3) is 5.29. The van der Waals surface area contributed by atoms with Gasteiger partial charge in [-0.25, -0.2) is 0 Å². The molecule has 0 aliphatic heterocycles. The second-order valence-corrected chi connectivity index (χ2v) is 6.91. The molecule has 0 heterocycles. The fourth-order valence-electron chi connectivity index (χ4n) is 3.18. The van der Waals surface area contributed by atoms with Crippen molar-refractivity contribution < 1.29 is 25.2 Å². The van der Waals surface area contributed by atoms with Crippen LogP contribution in [0, 0.1) is 29.6 Å². The molecule has 0 saturated heterocycles. The van der Waals surface area contributed by atoms with Crippen LogP contribution in [0.4, 0.5) is 0 Å². The Balaban J connectivity index is 0.000000288. The van der Waals surface area contributed by atoms with Gasteiger partial charge in [-0.3, -0.25) is 0 Å². The molecule has 2 aromatic rings. The van der Waals surface area contributed by atoms with Gasteiger partial charge in [0.15, 0.2) is 0 Å². The minimum atomic E-state index is -1.18. The second-order valence-electron chi connectivity index (χ2n) is 6.91. The van der Waals surface area contributed by atoms with Crippen LogP contribution in [0.3, 0.4) is 0 Å². The van der Waals surface area contributed by atoms with Gasteiger partial charge < -0.3 is 10.8 Å². The molecule has 1 aliphatic carbocycles. The summed E-state index contributed by atoms with van der Waals surface area (Å²) in [5, 5.41) is 11.4. The molecule has 0 bridgehead atoms. The predicted molar refractivity (Wildman–Crippen MR) is 107 cm³/mol. The quantitative estimate of drug-likeness (QED) is 0.522. The summed E-state index contributed by atoms with van der Waals surface area (Å²) in [4.78, 5) is 0. The van der Waals surface area contributed by atoms with Gasteiger partial charge in [0.1, 0.15) is 0 Å². The topological polar surface area (TPSA) is 46.9 Å².